The predicted octanol–water partition coefficient (Wildman–Crippen LogP) is 4.30. The van der Waals surface area contributed by atoms with Gasteiger partial charge in [0.25, 0.3) is 0 Å². The van der Waals surface area contributed by atoms with Crippen molar-refractivity contribution in [3.05, 3.63) is 29.3 Å². The molecule has 1 saturated heterocycles. The van der Waals surface area contributed by atoms with Crippen molar-refractivity contribution < 1.29 is 13.2 Å². The van der Waals surface area contributed by atoms with Gasteiger partial charge in [0.05, 0.1) is 5.56 Å². The number of halogens is 3. The average molecular weight is 300 g/mol. The van der Waals surface area contributed by atoms with Crippen LogP contribution in [0.25, 0.3) is 0 Å². The Kier molecular flexibility index (Phi) is 4.51. The van der Waals surface area contributed by atoms with Crippen LogP contribution >= 0.6 is 0 Å². The number of anilines is 1. The van der Waals surface area contributed by atoms with Gasteiger partial charge in [-0.15, -0.1) is 0 Å². The van der Waals surface area contributed by atoms with Gasteiger partial charge in [-0.2, -0.15) is 13.2 Å². The van der Waals surface area contributed by atoms with Crippen molar-refractivity contribution in [2.24, 2.45) is 5.41 Å². The third-order valence-electron chi connectivity index (χ3n) is 4.75. The lowest BCUT2D eigenvalue weighted by Gasteiger charge is -2.39. The number of nitrogens with zero attached hydrogens (tertiary/aromatic N) is 1. The largest absolute Gasteiger partial charge is 0.416 e. The molecule has 0 bridgehead atoms. The quantitative estimate of drug-likeness (QED) is 0.843. The first kappa shape index (κ1) is 16.1. The summed E-state index contributed by atoms with van der Waals surface area (Å²) in [6.07, 6.45) is -1.14. The molecule has 0 amide bonds. The van der Waals surface area contributed by atoms with Gasteiger partial charge in [-0.25, -0.2) is 0 Å². The second kappa shape index (κ2) is 5.87. The maximum atomic E-state index is 13.1. The number of nitrogens with two attached hydrogens (primary N) is 1. The second-order valence-corrected chi connectivity index (χ2v) is 6.35. The van der Waals surface area contributed by atoms with E-state index < -0.39 is 11.7 Å². The molecule has 0 radical (unpaired) electrons. The number of alkyl halides is 3. The summed E-state index contributed by atoms with van der Waals surface area (Å²) in [7, 11) is 0. The van der Waals surface area contributed by atoms with Crippen molar-refractivity contribution in [3.63, 3.8) is 0 Å². The van der Waals surface area contributed by atoms with Crippen molar-refractivity contribution in [2.75, 3.05) is 18.8 Å². The first-order valence-corrected chi connectivity index (χ1v) is 7.41. The van der Waals surface area contributed by atoms with Crippen LogP contribution in [0.4, 0.5) is 18.9 Å². The monoisotopic (exact) mass is 300 g/mol. The maximum Gasteiger partial charge on any atom is 0.416 e. The summed E-state index contributed by atoms with van der Waals surface area (Å²) >= 11 is 0. The average Bonchev–Trinajstić information content (AvgIpc) is 2.42. The number of likely N-dealkylation sites (tertiary alicyclic amines) is 1. The lowest BCUT2D eigenvalue weighted by atomic mass is 9.78. The van der Waals surface area contributed by atoms with Crippen LogP contribution in [0.1, 0.15) is 44.2 Å². The molecule has 2 rings (SSSR count). The van der Waals surface area contributed by atoms with Crippen LogP contribution in [0.5, 0.6) is 0 Å². The summed E-state index contributed by atoms with van der Waals surface area (Å²) in [5, 5.41) is 0. The Morgan fingerprint density at radius 2 is 1.86 bits per heavy atom. The van der Waals surface area contributed by atoms with E-state index in [9.17, 15) is 13.2 Å². The van der Waals surface area contributed by atoms with Crippen LogP contribution in [0.2, 0.25) is 0 Å². The molecule has 0 atom stereocenters. The first-order chi connectivity index (χ1) is 9.73. The summed E-state index contributed by atoms with van der Waals surface area (Å²) < 4.78 is 39.3. The molecule has 1 aromatic carbocycles. The molecule has 1 heterocycles. The molecule has 1 aromatic rings. The number of nitrogen functional groups attached to an aromatic ring is 1. The molecule has 2 nitrogen and oxygen atoms in total. The van der Waals surface area contributed by atoms with Gasteiger partial charge in [-0.1, -0.05) is 26.3 Å². The van der Waals surface area contributed by atoms with Gasteiger partial charge >= 0.3 is 6.18 Å². The highest BCUT2D eigenvalue weighted by Crippen LogP contribution is 2.37. The Labute approximate surface area is 124 Å². The molecule has 1 aliphatic rings. The summed E-state index contributed by atoms with van der Waals surface area (Å²) in [6, 6.07) is 4.09. The lowest BCUT2D eigenvalue weighted by molar-refractivity contribution is -0.138. The van der Waals surface area contributed by atoms with Crippen molar-refractivity contribution in [3.8, 4) is 0 Å². The molecule has 0 aliphatic carbocycles. The lowest BCUT2D eigenvalue weighted by Crippen LogP contribution is -2.38. The summed E-state index contributed by atoms with van der Waals surface area (Å²) in [5.74, 6) is 0. The van der Waals surface area contributed by atoms with Gasteiger partial charge in [0, 0.05) is 12.2 Å². The minimum atomic E-state index is -4.35. The molecule has 0 aromatic heterocycles. The Balaban J connectivity index is 2.11. The fourth-order valence-electron chi connectivity index (χ4n) is 2.84. The normalized spacial score (nSPS) is 19.7. The van der Waals surface area contributed by atoms with E-state index in [4.69, 9.17) is 5.73 Å². The summed E-state index contributed by atoms with van der Waals surface area (Å²) in [4.78, 5) is 2.11. The van der Waals surface area contributed by atoms with Crippen molar-refractivity contribution in [1.82, 2.24) is 4.90 Å². The zero-order chi connectivity index (χ0) is 15.7. The maximum absolute atomic E-state index is 13.1. The Bertz CT molecular complexity index is 489. The number of hydrogen-bond donors (Lipinski definition) is 1. The van der Waals surface area contributed by atoms with Crippen LogP contribution in [0.15, 0.2) is 18.2 Å². The number of rotatable bonds is 3. The van der Waals surface area contributed by atoms with Crippen LogP contribution in [-0.4, -0.2) is 18.0 Å². The van der Waals surface area contributed by atoms with Crippen molar-refractivity contribution >= 4 is 5.69 Å². The third-order valence-corrected chi connectivity index (χ3v) is 4.75. The molecule has 1 fully saturated rings. The van der Waals surface area contributed by atoms with E-state index in [1.165, 1.54) is 6.07 Å². The molecule has 5 heteroatoms. The summed E-state index contributed by atoms with van der Waals surface area (Å²) in [5.41, 5.74) is 5.70. The number of hydrogen-bond acceptors (Lipinski definition) is 2. The Morgan fingerprint density at radius 1 is 1.24 bits per heavy atom. The topological polar surface area (TPSA) is 29.3 Å². The highest BCUT2D eigenvalue weighted by Gasteiger charge is 2.34. The molecular weight excluding hydrogens is 277 g/mol. The van der Waals surface area contributed by atoms with Gasteiger partial charge in [0.15, 0.2) is 0 Å². The van der Waals surface area contributed by atoms with E-state index in [1.54, 1.807) is 6.07 Å². The minimum absolute atomic E-state index is 0.156. The molecule has 0 unspecified atom stereocenters. The highest BCUT2D eigenvalue weighted by molar-refractivity contribution is 5.46. The molecule has 2 N–H and O–H groups in total. The van der Waals surface area contributed by atoms with E-state index >= 15 is 0 Å². The molecule has 21 heavy (non-hydrogen) atoms. The fourth-order valence-corrected chi connectivity index (χ4v) is 2.84. The van der Waals surface area contributed by atoms with Crippen molar-refractivity contribution in [1.29, 1.82) is 0 Å². The molecular formula is C16H23F3N2. The molecule has 1 aliphatic heterocycles. The van der Waals surface area contributed by atoms with Crippen LogP contribution < -0.4 is 5.73 Å². The fraction of sp³-hybridized carbons (Fsp3) is 0.625. The predicted molar refractivity (Wildman–Crippen MR) is 78.8 cm³/mol. The third kappa shape index (κ3) is 3.90. The standard InChI is InChI=1S/C16H23F3N2/c1-3-15(2)6-8-21(9-7-15)11-12-4-5-13(20)10-14(12)16(17,18)19/h4-5,10H,3,6-9,11,20H2,1-2H3. The molecule has 118 valence electrons. The van der Waals surface area contributed by atoms with E-state index in [2.05, 4.69) is 18.7 Å². The zero-order valence-corrected chi connectivity index (χ0v) is 12.6. The van der Waals surface area contributed by atoms with Crippen LogP contribution in [0.3, 0.4) is 0 Å². The number of benzene rings is 1. The van der Waals surface area contributed by atoms with Gasteiger partial charge in [0.2, 0.25) is 0 Å². The van der Waals surface area contributed by atoms with E-state index in [0.717, 1.165) is 38.4 Å². The van der Waals surface area contributed by atoms with E-state index in [1.807, 2.05) is 0 Å². The minimum Gasteiger partial charge on any atom is -0.399 e. The summed E-state index contributed by atoms with van der Waals surface area (Å²) in [6.45, 7) is 6.49. The Morgan fingerprint density at radius 3 is 2.38 bits per heavy atom. The van der Waals surface area contributed by atoms with Crippen LogP contribution in [0, 0.1) is 5.41 Å². The van der Waals surface area contributed by atoms with E-state index in [0.29, 0.717) is 17.5 Å². The first-order valence-electron chi connectivity index (χ1n) is 7.41. The van der Waals surface area contributed by atoms with E-state index in [-0.39, 0.29) is 5.69 Å². The smallest absolute Gasteiger partial charge is 0.399 e. The molecule has 0 saturated carbocycles. The highest BCUT2D eigenvalue weighted by atomic mass is 19.4. The second-order valence-electron chi connectivity index (χ2n) is 6.35. The van der Waals surface area contributed by atoms with Gasteiger partial charge in [-0.05, 0) is 49.0 Å². The SMILES string of the molecule is CCC1(C)CCN(Cc2ccc(N)cc2C(F)(F)F)CC1. The van der Waals surface area contributed by atoms with Crippen molar-refractivity contribution in [2.45, 2.75) is 45.8 Å². The molecule has 0 spiro atoms. The van der Waals surface area contributed by atoms with Gasteiger partial charge in [-0.3, -0.25) is 4.90 Å². The zero-order valence-electron chi connectivity index (χ0n) is 12.6. The van der Waals surface area contributed by atoms with Gasteiger partial charge < -0.3 is 5.73 Å². The number of piperidine rings is 1. The van der Waals surface area contributed by atoms with Gasteiger partial charge in [0.1, 0.15) is 0 Å². The van der Waals surface area contributed by atoms with Crippen LogP contribution in [-0.2, 0) is 12.7 Å². The Hall–Kier alpha value is -1.23.